The van der Waals surface area contributed by atoms with Crippen LogP contribution in [0.5, 0.6) is 0 Å². The Morgan fingerprint density at radius 2 is 1.41 bits per heavy atom. The van der Waals surface area contributed by atoms with Crippen LogP contribution in [0.25, 0.3) is 10.8 Å². The van der Waals surface area contributed by atoms with Crippen molar-refractivity contribution in [1.29, 1.82) is 0 Å². The molecule has 0 spiro atoms. The summed E-state index contributed by atoms with van der Waals surface area (Å²) in [5.41, 5.74) is 1.64. The smallest absolute Gasteiger partial charge is 0.411 e. The van der Waals surface area contributed by atoms with Crippen LogP contribution in [0.1, 0.15) is 0 Å². The first-order valence-corrected chi connectivity index (χ1v) is 9.33. The molecule has 150 valence electrons. The molecule has 0 aliphatic rings. The maximum atomic E-state index is 11.9. The number of para-hydroxylation sites is 1. The molecular formula is C22H23N3O4. The predicted octanol–water partition coefficient (Wildman–Crippen LogP) is 4.23. The second-order valence-electron chi connectivity index (χ2n) is 6.14. The van der Waals surface area contributed by atoms with E-state index >= 15 is 0 Å². The van der Waals surface area contributed by atoms with E-state index in [0.29, 0.717) is 18.8 Å². The van der Waals surface area contributed by atoms with Gasteiger partial charge in [0.25, 0.3) is 0 Å². The molecule has 0 saturated heterocycles. The molecule has 0 heterocycles. The summed E-state index contributed by atoms with van der Waals surface area (Å²) in [4.78, 5) is 23.6. The molecular weight excluding hydrogens is 370 g/mol. The minimum atomic E-state index is -0.600. The molecule has 0 fully saturated rings. The molecule has 3 N–H and O–H groups in total. The molecule has 0 aliphatic carbocycles. The summed E-state index contributed by atoms with van der Waals surface area (Å²) >= 11 is 0. The first kappa shape index (κ1) is 20.0. The van der Waals surface area contributed by atoms with Crippen molar-refractivity contribution in [2.45, 2.75) is 0 Å². The lowest BCUT2D eigenvalue weighted by molar-refractivity contribution is 0.102. The molecule has 7 heteroatoms. The third kappa shape index (κ3) is 6.42. The first-order chi connectivity index (χ1) is 14.2. The Kier molecular flexibility index (Phi) is 7.28. The summed E-state index contributed by atoms with van der Waals surface area (Å²) < 4.78 is 10.0. The number of amides is 2. The molecule has 0 aromatic heterocycles. The van der Waals surface area contributed by atoms with Gasteiger partial charge in [-0.05, 0) is 23.6 Å². The number of benzene rings is 3. The topological polar surface area (TPSA) is 88.7 Å². The lowest BCUT2D eigenvalue weighted by atomic mass is 10.1. The van der Waals surface area contributed by atoms with E-state index in [2.05, 4.69) is 16.0 Å². The Labute approximate surface area is 169 Å². The fourth-order valence-electron chi connectivity index (χ4n) is 2.73. The summed E-state index contributed by atoms with van der Waals surface area (Å²) in [6.45, 7) is 0.923. The zero-order chi connectivity index (χ0) is 20.3. The van der Waals surface area contributed by atoms with E-state index in [-0.39, 0.29) is 13.2 Å². The number of carbonyl (C=O) groups is 2. The van der Waals surface area contributed by atoms with Crippen molar-refractivity contribution < 1.29 is 19.1 Å². The van der Waals surface area contributed by atoms with Crippen LogP contribution in [0.15, 0.2) is 72.8 Å². The van der Waals surface area contributed by atoms with Gasteiger partial charge >= 0.3 is 12.2 Å². The molecule has 7 nitrogen and oxygen atoms in total. The fraction of sp³-hybridized carbons (Fsp3) is 0.182. The number of fused-ring (bicyclic) bond motifs is 1. The Bertz CT molecular complexity index is 942. The third-order valence-electron chi connectivity index (χ3n) is 4.07. The van der Waals surface area contributed by atoms with Crippen molar-refractivity contribution in [2.24, 2.45) is 0 Å². The van der Waals surface area contributed by atoms with Gasteiger partial charge in [-0.25, -0.2) is 9.59 Å². The number of nitrogens with one attached hydrogen (secondary N) is 3. The molecule has 0 atom stereocenters. The van der Waals surface area contributed by atoms with Crippen molar-refractivity contribution in [3.05, 3.63) is 72.8 Å². The van der Waals surface area contributed by atoms with Crippen LogP contribution in [0, 0.1) is 0 Å². The van der Waals surface area contributed by atoms with Gasteiger partial charge in [0.2, 0.25) is 0 Å². The molecule has 0 saturated carbocycles. The lowest BCUT2D eigenvalue weighted by Crippen LogP contribution is -2.30. The largest absolute Gasteiger partial charge is 0.446 e. The number of rotatable bonds is 8. The number of hydrogen-bond acceptors (Lipinski definition) is 5. The van der Waals surface area contributed by atoms with E-state index < -0.39 is 12.2 Å². The molecule has 2 amide bonds. The summed E-state index contributed by atoms with van der Waals surface area (Å²) in [7, 11) is 0. The summed E-state index contributed by atoms with van der Waals surface area (Å²) in [5, 5.41) is 10.4. The summed E-state index contributed by atoms with van der Waals surface area (Å²) in [6, 6.07) is 23.0. The van der Waals surface area contributed by atoms with Crippen LogP contribution in [-0.4, -0.2) is 38.5 Å². The molecule has 3 aromatic rings. The summed E-state index contributed by atoms with van der Waals surface area (Å²) in [5.74, 6) is 0. The van der Waals surface area contributed by atoms with Crippen molar-refractivity contribution in [1.82, 2.24) is 5.32 Å². The Morgan fingerprint density at radius 1 is 0.724 bits per heavy atom. The molecule has 3 rings (SSSR count). The molecule has 0 aliphatic heterocycles. The number of ether oxygens (including phenoxy) is 2. The Balaban J connectivity index is 1.29. The molecule has 0 bridgehead atoms. The van der Waals surface area contributed by atoms with Crippen molar-refractivity contribution in [3.63, 3.8) is 0 Å². The minimum absolute atomic E-state index is 0.0269. The van der Waals surface area contributed by atoms with Crippen molar-refractivity contribution in [3.8, 4) is 0 Å². The van der Waals surface area contributed by atoms with Gasteiger partial charge < -0.3 is 20.1 Å². The van der Waals surface area contributed by atoms with Gasteiger partial charge in [0.15, 0.2) is 0 Å². The van der Waals surface area contributed by atoms with Gasteiger partial charge in [0.1, 0.15) is 13.2 Å². The highest BCUT2D eigenvalue weighted by Gasteiger charge is 2.07. The second kappa shape index (κ2) is 10.6. The van der Waals surface area contributed by atoms with E-state index in [9.17, 15) is 9.59 Å². The number of carbonyl (C=O) groups excluding carboxylic acids is 2. The van der Waals surface area contributed by atoms with Crippen molar-refractivity contribution >= 4 is 34.3 Å². The zero-order valence-electron chi connectivity index (χ0n) is 15.9. The highest BCUT2D eigenvalue weighted by Crippen LogP contribution is 2.22. The molecule has 0 unspecified atom stereocenters. The Morgan fingerprint density at radius 3 is 2.24 bits per heavy atom. The van der Waals surface area contributed by atoms with Crippen LogP contribution < -0.4 is 16.0 Å². The lowest BCUT2D eigenvalue weighted by Gasteiger charge is -2.10. The van der Waals surface area contributed by atoms with E-state index in [1.165, 1.54) is 0 Å². The molecule has 3 aromatic carbocycles. The highest BCUT2D eigenvalue weighted by atomic mass is 16.6. The number of anilines is 2. The number of hydrogen-bond donors (Lipinski definition) is 3. The van der Waals surface area contributed by atoms with Gasteiger partial charge in [-0.2, -0.15) is 0 Å². The van der Waals surface area contributed by atoms with E-state index in [0.717, 1.165) is 16.5 Å². The summed E-state index contributed by atoms with van der Waals surface area (Å²) in [6.07, 6.45) is -1.16. The quantitative estimate of drug-likeness (QED) is 0.499. The second-order valence-corrected chi connectivity index (χ2v) is 6.14. The standard InChI is InChI=1S/C22H23N3O4/c26-21(24-14-13-23-18-9-2-1-3-10-18)28-15-16-29-22(27)25-20-12-6-8-17-7-4-5-11-19(17)20/h1-12,23H,13-16H2,(H,24,26)(H,25,27). The molecule has 29 heavy (non-hydrogen) atoms. The van der Waals surface area contributed by atoms with Gasteiger partial charge in [-0.3, -0.25) is 5.32 Å². The minimum Gasteiger partial charge on any atom is -0.446 e. The van der Waals surface area contributed by atoms with Gasteiger partial charge in [0, 0.05) is 24.2 Å². The predicted molar refractivity (Wildman–Crippen MR) is 113 cm³/mol. The van der Waals surface area contributed by atoms with Crippen LogP contribution >= 0.6 is 0 Å². The first-order valence-electron chi connectivity index (χ1n) is 9.33. The maximum Gasteiger partial charge on any atom is 0.411 e. The normalized spacial score (nSPS) is 10.2. The number of alkyl carbamates (subject to hydrolysis) is 1. The van der Waals surface area contributed by atoms with Gasteiger partial charge in [0.05, 0.1) is 5.69 Å². The third-order valence-corrected chi connectivity index (χ3v) is 4.07. The molecule has 0 radical (unpaired) electrons. The van der Waals surface area contributed by atoms with E-state index in [4.69, 9.17) is 9.47 Å². The van der Waals surface area contributed by atoms with Crippen LogP contribution in [-0.2, 0) is 9.47 Å². The van der Waals surface area contributed by atoms with E-state index in [1.54, 1.807) is 6.07 Å². The van der Waals surface area contributed by atoms with Crippen molar-refractivity contribution in [2.75, 3.05) is 36.9 Å². The SMILES string of the molecule is O=C(NCCNc1ccccc1)OCCOC(=O)Nc1cccc2ccccc12. The fourth-order valence-corrected chi connectivity index (χ4v) is 2.73. The zero-order valence-corrected chi connectivity index (χ0v) is 15.9. The Hall–Kier alpha value is -3.74. The monoisotopic (exact) mass is 393 g/mol. The van der Waals surface area contributed by atoms with Gasteiger partial charge in [-0.1, -0.05) is 54.6 Å². The highest BCUT2D eigenvalue weighted by molar-refractivity contribution is 6.00. The van der Waals surface area contributed by atoms with Crippen LogP contribution in [0.3, 0.4) is 0 Å². The van der Waals surface area contributed by atoms with Crippen LogP contribution in [0.4, 0.5) is 21.0 Å². The van der Waals surface area contributed by atoms with Gasteiger partial charge in [-0.15, -0.1) is 0 Å². The van der Waals surface area contributed by atoms with E-state index in [1.807, 2.05) is 66.7 Å². The van der Waals surface area contributed by atoms with Crippen LogP contribution in [0.2, 0.25) is 0 Å². The average Bonchev–Trinajstić information content (AvgIpc) is 2.75. The maximum absolute atomic E-state index is 11.9. The average molecular weight is 393 g/mol.